The quantitative estimate of drug-likeness (QED) is 0.440. The molecule has 2 nitrogen and oxygen atoms in total. The first-order valence-electron chi connectivity index (χ1n) is 2.72. The zero-order chi connectivity index (χ0) is 5.28. The summed E-state index contributed by atoms with van der Waals surface area (Å²) in [6.07, 6.45) is 0.821. The summed E-state index contributed by atoms with van der Waals surface area (Å²) in [4.78, 5) is 0. The van der Waals surface area contributed by atoms with Gasteiger partial charge in [-0.05, 0) is 19.9 Å². The van der Waals surface area contributed by atoms with E-state index in [4.69, 9.17) is 5.11 Å². The zero-order valence-electron chi connectivity index (χ0n) is 4.52. The maximum atomic E-state index is 8.94. The van der Waals surface area contributed by atoms with Gasteiger partial charge in [0.2, 0.25) is 0 Å². The molecule has 7 heavy (non-hydrogen) atoms. The molecule has 1 saturated heterocycles. The average Bonchev–Trinajstić information content (AvgIpc) is 1.91. The average molecular weight is 101 g/mol. The van der Waals surface area contributed by atoms with Crippen molar-refractivity contribution in [1.82, 2.24) is 5.32 Å². The van der Waals surface area contributed by atoms with Gasteiger partial charge in [0.05, 0.1) is 6.10 Å². The number of aliphatic hydroxyl groups is 1. The first-order chi connectivity index (χ1) is 3.30. The van der Waals surface area contributed by atoms with E-state index in [0.29, 0.717) is 6.04 Å². The topological polar surface area (TPSA) is 32.3 Å². The van der Waals surface area contributed by atoms with Gasteiger partial charge in [0.15, 0.2) is 0 Å². The van der Waals surface area contributed by atoms with Gasteiger partial charge in [-0.1, -0.05) is 0 Å². The third-order valence-electron chi connectivity index (χ3n) is 1.48. The normalized spacial score (nSPS) is 42.0. The van der Waals surface area contributed by atoms with Crippen LogP contribution in [-0.4, -0.2) is 23.8 Å². The highest BCUT2D eigenvalue weighted by molar-refractivity contribution is 4.78. The van der Waals surface area contributed by atoms with Crippen molar-refractivity contribution in [2.24, 2.45) is 0 Å². The lowest BCUT2D eigenvalue weighted by molar-refractivity contribution is 0.166. The highest BCUT2D eigenvalue weighted by Crippen LogP contribution is 2.03. The summed E-state index contributed by atoms with van der Waals surface area (Å²) >= 11 is 0. The van der Waals surface area contributed by atoms with Gasteiger partial charge < -0.3 is 10.4 Å². The highest BCUT2D eigenvalue weighted by atomic mass is 16.3. The van der Waals surface area contributed by atoms with Crippen LogP contribution in [0.15, 0.2) is 0 Å². The van der Waals surface area contributed by atoms with Gasteiger partial charge in [0, 0.05) is 6.04 Å². The molecule has 0 amide bonds. The lowest BCUT2D eigenvalue weighted by Gasteiger charge is -2.04. The van der Waals surface area contributed by atoms with Crippen molar-refractivity contribution in [3.05, 3.63) is 0 Å². The summed E-state index contributed by atoms with van der Waals surface area (Å²) in [5, 5.41) is 12.1. The van der Waals surface area contributed by atoms with Crippen molar-refractivity contribution in [1.29, 1.82) is 0 Å². The summed E-state index contributed by atoms with van der Waals surface area (Å²) in [5.74, 6) is 0. The van der Waals surface area contributed by atoms with Crippen LogP contribution in [0.5, 0.6) is 0 Å². The van der Waals surface area contributed by atoms with Crippen LogP contribution >= 0.6 is 0 Å². The Morgan fingerprint density at radius 2 is 2.43 bits per heavy atom. The minimum absolute atomic E-state index is 0.0972. The van der Waals surface area contributed by atoms with Crippen LogP contribution in [0.4, 0.5) is 0 Å². The number of hydrogen-bond acceptors (Lipinski definition) is 2. The van der Waals surface area contributed by atoms with Crippen LogP contribution < -0.4 is 5.32 Å². The number of rotatable bonds is 0. The molecule has 1 aliphatic heterocycles. The van der Waals surface area contributed by atoms with Crippen LogP contribution in [0.2, 0.25) is 0 Å². The van der Waals surface area contributed by atoms with E-state index in [-0.39, 0.29) is 6.10 Å². The Hall–Kier alpha value is -0.0800. The standard InChI is InChI=1S/C5H11NO/c1-4-5(7)2-3-6-4/h4-7H,2-3H2,1H3/t4-,5+/m0/s1. The maximum Gasteiger partial charge on any atom is 0.0702 e. The first-order valence-corrected chi connectivity index (χ1v) is 2.72. The molecule has 0 radical (unpaired) electrons. The van der Waals surface area contributed by atoms with Crippen molar-refractivity contribution < 1.29 is 5.11 Å². The fraction of sp³-hybridized carbons (Fsp3) is 1.00. The van der Waals surface area contributed by atoms with Crippen molar-refractivity contribution >= 4 is 0 Å². The smallest absolute Gasteiger partial charge is 0.0702 e. The number of hydrogen-bond donors (Lipinski definition) is 2. The minimum atomic E-state index is -0.0972. The monoisotopic (exact) mass is 101 g/mol. The predicted octanol–water partition coefficient (Wildman–Crippen LogP) is -0.271. The lowest BCUT2D eigenvalue weighted by atomic mass is 10.2. The molecule has 0 saturated carbocycles. The second-order valence-electron chi connectivity index (χ2n) is 2.10. The fourth-order valence-electron chi connectivity index (χ4n) is 0.845. The molecule has 1 fully saturated rings. The summed E-state index contributed by atoms with van der Waals surface area (Å²) < 4.78 is 0. The van der Waals surface area contributed by atoms with E-state index in [2.05, 4.69) is 5.32 Å². The van der Waals surface area contributed by atoms with E-state index in [1.807, 2.05) is 6.92 Å². The van der Waals surface area contributed by atoms with E-state index in [0.717, 1.165) is 13.0 Å². The molecule has 0 aliphatic carbocycles. The van der Waals surface area contributed by atoms with Crippen molar-refractivity contribution in [2.45, 2.75) is 25.5 Å². The molecule has 2 heteroatoms. The van der Waals surface area contributed by atoms with Gasteiger partial charge in [-0.15, -0.1) is 0 Å². The predicted molar refractivity (Wildman–Crippen MR) is 28.1 cm³/mol. The van der Waals surface area contributed by atoms with E-state index < -0.39 is 0 Å². The Morgan fingerprint density at radius 1 is 1.71 bits per heavy atom. The first kappa shape index (κ1) is 5.06. The van der Waals surface area contributed by atoms with Crippen LogP contribution in [0.1, 0.15) is 13.3 Å². The molecular weight excluding hydrogens is 90.1 g/mol. The van der Waals surface area contributed by atoms with Crippen LogP contribution in [0.25, 0.3) is 0 Å². The van der Waals surface area contributed by atoms with Gasteiger partial charge in [-0.25, -0.2) is 0 Å². The van der Waals surface area contributed by atoms with Gasteiger partial charge >= 0.3 is 0 Å². The molecule has 1 aliphatic rings. The maximum absolute atomic E-state index is 8.94. The van der Waals surface area contributed by atoms with Gasteiger partial charge in [-0.3, -0.25) is 0 Å². The van der Waals surface area contributed by atoms with Crippen molar-refractivity contribution in [3.63, 3.8) is 0 Å². The van der Waals surface area contributed by atoms with Crippen LogP contribution in [-0.2, 0) is 0 Å². The van der Waals surface area contributed by atoms with Gasteiger partial charge in [-0.2, -0.15) is 0 Å². The van der Waals surface area contributed by atoms with Crippen LogP contribution in [0, 0.1) is 0 Å². The van der Waals surface area contributed by atoms with Crippen molar-refractivity contribution in [3.8, 4) is 0 Å². The molecule has 2 N–H and O–H groups in total. The van der Waals surface area contributed by atoms with E-state index in [1.54, 1.807) is 0 Å². The second-order valence-corrected chi connectivity index (χ2v) is 2.10. The Kier molecular flexibility index (Phi) is 1.30. The summed E-state index contributed by atoms with van der Waals surface area (Å²) in [6.45, 7) is 2.97. The molecular formula is C5H11NO. The third-order valence-corrected chi connectivity index (χ3v) is 1.48. The summed E-state index contributed by atoms with van der Waals surface area (Å²) in [7, 11) is 0. The van der Waals surface area contributed by atoms with Crippen molar-refractivity contribution in [2.75, 3.05) is 6.54 Å². The molecule has 0 aromatic heterocycles. The lowest BCUT2D eigenvalue weighted by Crippen LogP contribution is -2.25. The Bertz CT molecular complexity index is 57.1. The summed E-state index contributed by atoms with van der Waals surface area (Å²) in [5.41, 5.74) is 0. The van der Waals surface area contributed by atoms with Gasteiger partial charge in [0.1, 0.15) is 0 Å². The minimum Gasteiger partial charge on any atom is -0.391 e. The van der Waals surface area contributed by atoms with E-state index >= 15 is 0 Å². The fourth-order valence-corrected chi connectivity index (χ4v) is 0.845. The third kappa shape index (κ3) is 0.924. The molecule has 0 bridgehead atoms. The molecule has 42 valence electrons. The Labute approximate surface area is 43.5 Å². The SMILES string of the molecule is C[C@@H]1NCC[C@H]1O. The molecule has 1 rings (SSSR count). The van der Waals surface area contributed by atoms with Gasteiger partial charge in [0.25, 0.3) is 0 Å². The molecule has 0 spiro atoms. The highest BCUT2D eigenvalue weighted by Gasteiger charge is 2.18. The Morgan fingerprint density at radius 3 is 2.57 bits per heavy atom. The zero-order valence-corrected chi connectivity index (χ0v) is 4.52. The number of nitrogens with one attached hydrogen (secondary N) is 1. The molecule has 2 atom stereocenters. The largest absolute Gasteiger partial charge is 0.391 e. The summed E-state index contributed by atoms with van der Waals surface area (Å²) in [6, 6.07) is 0.319. The molecule has 0 aromatic rings. The number of aliphatic hydroxyl groups excluding tert-OH is 1. The van der Waals surface area contributed by atoms with E-state index in [9.17, 15) is 0 Å². The Balaban J connectivity index is 2.33. The second kappa shape index (κ2) is 1.80. The molecule has 0 unspecified atom stereocenters. The molecule has 0 aromatic carbocycles. The van der Waals surface area contributed by atoms with Crippen LogP contribution in [0.3, 0.4) is 0 Å². The molecule has 1 heterocycles. The van der Waals surface area contributed by atoms with E-state index in [1.165, 1.54) is 0 Å².